The molecule has 0 radical (unpaired) electrons. The fourth-order valence-corrected chi connectivity index (χ4v) is 2.92. The van der Waals surface area contributed by atoms with E-state index in [1.54, 1.807) is 18.4 Å². The van der Waals surface area contributed by atoms with Crippen LogP contribution in [0.25, 0.3) is 0 Å². The van der Waals surface area contributed by atoms with E-state index in [0.717, 1.165) is 5.56 Å². The molecular weight excluding hydrogens is 254 g/mol. The van der Waals surface area contributed by atoms with E-state index < -0.39 is 0 Å². The largest absolute Gasteiger partial charge is 0.495 e. The molecule has 1 N–H and O–H groups in total. The van der Waals surface area contributed by atoms with E-state index in [9.17, 15) is 0 Å². The van der Waals surface area contributed by atoms with Crippen LogP contribution in [-0.4, -0.2) is 14.2 Å². The van der Waals surface area contributed by atoms with E-state index in [1.807, 2.05) is 25.2 Å². The molecule has 0 aliphatic carbocycles. The zero-order chi connectivity index (χ0) is 12.3. The molecule has 0 fully saturated rings. The van der Waals surface area contributed by atoms with Gasteiger partial charge in [-0.1, -0.05) is 23.7 Å². The summed E-state index contributed by atoms with van der Waals surface area (Å²) in [4.78, 5) is 1.27. The topological polar surface area (TPSA) is 21.3 Å². The molecule has 1 unspecified atom stereocenters. The maximum atomic E-state index is 6.14. The molecule has 0 aliphatic heterocycles. The van der Waals surface area contributed by atoms with Crippen molar-refractivity contribution in [3.8, 4) is 5.75 Å². The van der Waals surface area contributed by atoms with Gasteiger partial charge in [0.25, 0.3) is 0 Å². The third-order valence-corrected chi connectivity index (χ3v) is 3.86. The second-order valence-corrected chi connectivity index (χ2v) is 5.02. The van der Waals surface area contributed by atoms with Crippen LogP contribution in [0.5, 0.6) is 5.75 Å². The minimum Gasteiger partial charge on any atom is -0.495 e. The molecule has 2 nitrogen and oxygen atoms in total. The average molecular weight is 268 g/mol. The number of methoxy groups -OCH3 is 1. The Hall–Kier alpha value is -1.03. The van der Waals surface area contributed by atoms with E-state index in [-0.39, 0.29) is 6.04 Å². The summed E-state index contributed by atoms with van der Waals surface area (Å²) in [7, 11) is 3.57. The van der Waals surface area contributed by atoms with Gasteiger partial charge in [-0.3, -0.25) is 0 Å². The first-order valence-electron chi connectivity index (χ1n) is 5.30. The first-order chi connectivity index (χ1) is 8.26. The van der Waals surface area contributed by atoms with Crippen LogP contribution >= 0.6 is 22.9 Å². The second-order valence-electron chi connectivity index (χ2n) is 3.63. The smallest absolute Gasteiger partial charge is 0.137 e. The van der Waals surface area contributed by atoms with Crippen LogP contribution in [0, 0.1) is 0 Å². The van der Waals surface area contributed by atoms with Crippen molar-refractivity contribution in [3.63, 3.8) is 0 Å². The standard InChI is InChI=1S/C13H14ClNOS/c1-15-13(12-4-3-7-17-12)9-5-6-11(16-2)10(14)8-9/h3-8,13,15H,1-2H3. The minimum absolute atomic E-state index is 0.179. The molecule has 1 aromatic carbocycles. The van der Waals surface area contributed by atoms with Gasteiger partial charge in [-0.2, -0.15) is 0 Å². The Kier molecular flexibility index (Phi) is 4.05. The quantitative estimate of drug-likeness (QED) is 0.912. The molecule has 2 aromatic rings. The van der Waals surface area contributed by atoms with Crippen LogP contribution < -0.4 is 10.1 Å². The molecule has 0 spiro atoms. The summed E-state index contributed by atoms with van der Waals surface area (Å²) in [5, 5.41) is 6.01. The second kappa shape index (κ2) is 5.54. The van der Waals surface area contributed by atoms with E-state index >= 15 is 0 Å². The Morgan fingerprint density at radius 1 is 1.35 bits per heavy atom. The normalized spacial score (nSPS) is 12.4. The molecule has 1 heterocycles. The highest BCUT2D eigenvalue weighted by Gasteiger charge is 2.14. The Morgan fingerprint density at radius 3 is 2.71 bits per heavy atom. The fourth-order valence-electron chi connectivity index (χ4n) is 1.79. The predicted molar refractivity (Wildman–Crippen MR) is 73.2 cm³/mol. The zero-order valence-electron chi connectivity index (χ0n) is 9.74. The van der Waals surface area contributed by atoms with Crippen molar-refractivity contribution in [1.29, 1.82) is 0 Å². The summed E-state index contributed by atoms with van der Waals surface area (Å²) < 4.78 is 5.15. The van der Waals surface area contributed by atoms with Gasteiger partial charge in [-0.15, -0.1) is 11.3 Å². The average Bonchev–Trinajstić information content (AvgIpc) is 2.84. The van der Waals surface area contributed by atoms with Gasteiger partial charge >= 0.3 is 0 Å². The molecule has 0 saturated heterocycles. The lowest BCUT2D eigenvalue weighted by molar-refractivity contribution is 0.414. The highest BCUT2D eigenvalue weighted by atomic mass is 35.5. The third kappa shape index (κ3) is 2.63. The molecule has 0 saturated carbocycles. The first kappa shape index (κ1) is 12.4. The van der Waals surface area contributed by atoms with E-state index in [1.165, 1.54) is 4.88 Å². The first-order valence-corrected chi connectivity index (χ1v) is 6.56. The Balaban J connectivity index is 2.35. The molecule has 0 bridgehead atoms. The van der Waals surface area contributed by atoms with E-state index in [0.29, 0.717) is 10.8 Å². The lowest BCUT2D eigenvalue weighted by atomic mass is 10.1. The van der Waals surface area contributed by atoms with Crippen LogP contribution in [-0.2, 0) is 0 Å². The van der Waals surface area contributed by atoms with Crippen LogP contribution in [0.1, 0.15) is 16.5 Å². The van der Waals surface area contributed by atoms with Crippen LogP contribution in [0.2, 0.25) is 5.02 Å². The molecule has 0 amide bonds. The summed E-state index contributed by atoms with van der Waals surface area (Å²) >= 11 is 7.87. The van der Waals surface area contributed by atoms with Crippen molar-refractivity contribution in [2.75, 3.05) is 14.2 Å². The number of hydrogen-bond donors (Lipinski definition) is 1. The van der Waals surface area contributed by atoms with Crippen LogP contribution in [0.4, 0.5) is 0 Å². The van der Waals surface area contributed by atoms with Gasteiger partial charge in [0, 0.05) is 4.88 Å². The molecule has 1 aromatic heterocycles. The van der Waals surface area contributed by atoms with Crippen molar-refractivity contribution in [2.24, 2.45) is 0 Å². The van der Waals surface area contributed by atoms with Crippen molar-refractivity contribution < 1.29 is 4.74 Å². The van der Waals surface area contributed by atoms with Gasteiger partial charge in [-0.25, -0.2) is 0 Å². The summed E-state index contributed by atoms with van der Waals surface area (Å²) in [6.45, 7) is 0. The number of nitrogens with one attached hydrogen (secondary N) is 1. The van der Waals surface area contributed by atoms with Crippen molar-refractivity contribution in [1.82, 2.24) is 5.32 Å². The van der Waals surface area contributed by atoms with Crippen molar-refractivity contribution in [2.45, 2.75) is 6.04 Å². The summed E-state index contributed by atoms with van der Waals surface area (Å²) in [6.07, 6.45) is 0. The lowest BCUT2D eigenvalue weighted by Crippen LogP contribution is -2.16. The van der Waals surface area contributed by atoms with Gasteiger partial charge in [0.2, 0.25) is 0 Å². The minimum atomic E-state index is 0.179. The highest BCUT2D eigenvalue weighted by molar-refractivity contribution is 7.10. The summed E-state index contributed by atoms with van der Waals surface area (Å²) in [5.74, 6) is 0.705. The Labute approximate surface area is 110 Å². The number of rotatable bonds is 4. The molecule has 0 aliphatic rings. The van der Waals surface area contributed by atoms with Gasteiger partial charge in [0.15, 0.2) is 0 Å². The van der Waals surface area contributed by atoms with Crippen molar-refractivity contribution >= 4 is 22.9 Å². The monoisotopic (exact) mass is 267 g/mol. The molecule has 90 valence electrons. The summed E-state index contributed by atoms with van der Waals surface area (Å²) in [6, 6.07) is 10.2. The number of ether oxygens (including phenoxy) is 1. The maximum Gasteiger partial charge on any atom is 0.137 e. The van der Waals surface area contributed by atoms with Crippen LogP contribution in [0.3, 0.4) is 0 Å². The van der Waals surface area contributed by atoms with E-state index in [4.69, 9.17) is 16.3 Å². The zero-order valence-corrected chi connectivity index (χ0v) is 11.3. The summed E-state index contributed by atoms with van der Waals surface area (Å²) in [5.41, 5.74) is 1.14. The molecule has 4 heteroatoms. The lowest BCUT2D eigenvalue weighted by Gasteiger charge is -2.16. The van der Waals surface area contributed by atoms with Gasteiger partial charge in [0.1, 0.15) is 5.75 Å². The fraction of sp³-hybridized carbons (Fsp3) is 0.231. The highest BCUT2D eigenvalue weighted by Crippen LogP contribution is 2.31. The van der Waals surface area contributed by atoms with Crippen LogP contribution in [0.15, 0.2) is 35.7 Å². The predicted octanol–water partition coefficient (Wildman–Crippen LogP) is 3.72. The SMILES string of the molecule is CNC(c1ccc(OC)c(Cl)c1)c1cccs1. The van der Waals surface area contributed by atoms with Gasteiger partial charge < -0.3 is 10.1 Å². The number of thiophene rings is 1. The Bertz CT molecular complexity index is 484. The molecule has 1 atom stereocenters. The molecule has 2 rings (SSSR count). The van der Waals surface area contributed by atoms with Crippen molar-refractivity contribution in [3.05, 3.63) is 51.2 Å². The van der Waals surface area contributed by atoms with Gasteiger partial charge in [0.05, 0.1) is 18.2 Å². The molecular formula is C13H14ClNOS. The van der Waals surface area contributed by atoms with Gasteiger partial charge in [-0.05, 0) is 36.2 Å². The number of benzene rings is 1. The van der Waals surface area contributed by atoms with E-state index in [2.05, 4.69) is 22.8 Å². The third-order valence-electron chi connectivity index (χ3n) is 2.63. The maximum absolute atomic E-state index is 6.14. The Morgan fingerprint density at radius 2 is 2.18 bits per heavy atom. The number of hydrogen-bond acceptors (Lipinski definition) is 3. The number of halogens is 1. The molecule has 17 heavy (non-hydrogen) atoms.